The van der Waals surface area contributed by atoms with Crippen LogP contribution in [0.2, 0.25) is 0 Å². The van der Waals surface area contributed by atoms with Gasteiger partial charge in [-0.3, -0.25) is 0 Å². The molecule has 2 saturated carbocycles. The van der Waals surface area contributed by atoms with E-state index in [1.807, 2.05) is 0 Å². The summed E-state index contributed by atoms with van der Waals surface area (Å²) < 4.78 is 0. The topological polar surface area (TPSA) is 12.0 Å². The van der Waals surface area contributed by atoms with Crippen molar-refractivity contribution >= 4 is 0 Å². The number of hydrogen-bond donors (Lipinski definition) is 1. The molecule has 1 nitrogen and oxygen atoms in total. The van der Waals surface area contributed by atoms with Crippen molar-refractivity contribution in [3.8, 4) is 0 Å². The molecule has 1 heteroatoms. The van der Waals surface area contributed by atoms with Crippen molar-refractivity contribution in [3.05, 3.63) is 0 Å². The minimum Gasteiger partial charge on any atom is -0.314 e. The lowest BCUT2D eigenvalue weighted by Gasteiger charge is -2.29. The first kappa shape index (κ1) is 13.4. The Hall–Kier alpha value is -0.0400. The summed E-state index contributed by atoms with van der Waals surface area (Å²) in [4.78, 5) is 0. The third-order valence-corrected chi connectivity index (χ3v) is 5.06. The second-order valence-electron chi connectivity index (χ2n) is 6.45. The quantitative estimate of drug-likeness (QED) is 0.709. The predicted octanol–water partition coefficient (Wildman–Crippen LogP) is 4.52. The molecule has 0 aromatic carbocycles. The Morgan fingerprint density at radius 3 is 2.00 bits per heavy atom. The number of hydrogen-bond acceptors (Lipinski definition) is 1. The third-order valence-electron chi connectivity index (χ3n) is 5.06. The summed E-state index contributed by atoms with van der Waals surface area (Å²) in [5.41, 5.74) is 0. The van der Waals surface area contributed by atoms with E-state index < -0.39 is 0 Å². The highest BCUT2D eigenvalue weighted by Crippen LogP contribution is 2.27. The van der Waals surface area contributed by atoms with Crippen LogP contribution < -0.4 is 5.32 Å². The zero-order chi connectivity index (χ0) is 11.9. The predicted molar refractivity (Wildman–Crippen MR) is 75.2 cm³/mol. The third kappa shape index (κ3) is 4.62. The molecular formula is C16H31N. The highest BCUT2D eigenvalue weighted by atomic mass is 14.9. The molecule has 0 heterocycles. The summed E-state index contributed by atoms with van der Waals surface area (Å²) in [5, 5.41) is 3.85. The van der Waals surface area contributed by atoms with Crippen LogP contribution in [-0.2, 0) is 0 Å². The van der Waals surface area contributed by atoms with E-state index in [0.717, 1.165) is 17.9 Å². The average Bonchev–Trinajstić information content (AvgIpc) is 2.65. The van der Waals surface area contributed by atoms with E-state index in [9.17, 15) is 0 Å². The maximum atomic E-state index is 3.85. The Bertz CT molecular complexity index is 188. The fourth-order valence-corrected chi connectivity index (χ4v) is 3.72. The zero-order valence-electron chi connectivity index (χ0n) is 11.7. The van der Waals surface area contributed by atoms with Crippen LogP contribution in [-0.4, -0.2) is 12.6 Å². The Balaban J connectivity index is 1.65. The summed E-state index contributed by atoms with van der Waals surface area (Å²) in [6.45, 7) is 3.71. The lowest BCUT2D eigenvalue weighted by Crippen LogP contribution is -2.37. The fourth-order valence-electron chi connectivity index (χ4n) is 3.72. The van der Waals surface area contributed by atoms with Gasteiger partial charge in [-0.15, -0.1) is 0 Å². The molecule has 0 unspecified atom stereocenters. The summed E-state index contributed by atoms with van der Waals surface area (Å²) in [6, 6.07) is 0.763. The van der Waals surface area contributed by atoms with Crippen LogP contribution in [0.4, 0.5) is 0 Å². The molecule has 1 atom stereocenters. The van der Waals surface area contributed by atoms with E-state index in [4.69, 9.17) is 0 Å². The smallest absolute Gasteiger partial charge is 0.00671 e. The zero-order valence-corrected chi connectivity index (χ0v) is 11.7. The molecule has 1 N–H and O–H groups in total. The Labute approximate surface area is 108 Å². The molecule has 0 radical (unpaired) electrons. The second kappa shape index (κ2) is 7.41. The van der Waals surface area contributed by atoms with Crippen LogP contribution in [0.15, 0.2) is 0 Å². The van der Waals surface area contributed by atoms with Gasteiger partial charge in [0.25, 0.3) is 0 Å². The maximum Gasteiger partial charge on any atom is 0.00671 e. The molecule has 100 valence electrons. The maximum absolute atomic E-state index is 3.85. The average molecular weight is 237 g/mol. The van der Waals surface area contributed by atoms with E-state index in [1.165, 1.54) is 77.2 Å². The van der Waals surface area contributed by atoms with E-state index >= 15 is 0 Å². The van der Waals surface area contributed by atoms with Gasteiger partial charge >= 0.3 is 0 Å². The minimum atomic E-state index is 0.763. The standard InChI is InChI=1S/C16H31N/c1-14(16-11-7-4-8-12-16)17-13-15-9-5-2-3-6-10-15/h14-17H,2-13H2,1H3/t14-/m0/s1. The van der Waals surface area contributed by atoms with Crippen molar-refractivity contribution in [2.24, 2.45) is 11.8 Å². The highest BCUT2D eigenvalue weighted by Gasteiger charge is 2.20. The fraction of sp³-hybridized carbons (Fsp3) is 1.00. The molecule has 2 aliphatic carbocycles. The van der Waals surface area contributed by atoms with Gasteiger partial charge in [-0.25, -0.2) is 0 Å². The number of rotatable bonds is 4. The van der Waals surface area contributed by atoms with Gasteiger partial charge in [-0.2, -0.15) is 0 Å². The van der Waals surface area contributed by atoms with Gasteiger partial charge in [-0.05, 0) is 51.0 Å². The Morgan fingerprint density at radius 2 is 1.35 bits per heavy atom. The van der Waals surface area contributed by atoms with Gasteiger partial charge in [0.15, 0.2) is 0 Å². The molecule has 0 spiro atoms. The molecule has 0 bridgehead atoms. The number of nitrogens with one attached hydrogen (secondary N) is 1. The molecule has 2 aliphatic rings. The van der Waals surface area contributed by atoms with Gasteiger partial charge in [0.1, 0.15) is 0 Å². The SMILES string of the molecule is C[C@H](NCC1CCCCCC1)C1CCCCC1. The van der Waals surface area contributed by atoms with Crippen molar-refractivity contribution in [3.63, 3.8) is 0 Å². The first-order valence-corrected chi connectivity index (χ1v) is 8.09. The molecule has 2 rings (SSSR count). The molecule has 0 saturated heterocycles. The first-order chi connectivity index (χ1) is 8.36. The lowest BCUT2D eigenvalue weighted by molar-refractivity contribution is 0.267. The molecule has 17 heavy (non-hydrogen) atoms. The minimum absolute atomic E-state index is 0.763. The van der Waals surface area contributed by atoms with Gasteiger partial charge in [0.2, 0.25) is 0 Å². The first-order valence-electron chi connectivity index (χ1n) is 8.09. The lowest BCUT2D eigenvalue weighted by atomic mass is 9.84. The van der Waals surface area contributed by atoms with Crippen LogP contribution in [0.5, 0.6) is 0 Å². The summed E-state index contributed by atoms with van der Waals surface area (Å²) in [7, 11) is 0. The summed E-state index contributed by atoms with van der Waals surface area (Å²) in [5.74, 6) is 1.94. The largest absolute Gasteiger partial charge is 0.314 e. The van der Waals surface area contributed by atoms with Crippen molar-refractivity contribution in [2.45, 2.75) is 83.6 Å². The van der Waals surface area contributed by atoms with Gasteiger partial charge in [0.05, 0.1) is 0 Å². The Morgan fingerprint density at radius 1 is 0.824 bits per heavy atom. The monoisotopic (exact) mass is 237 g/mol. The molecule has 0 amide bonds. The van der Waals surface area contributed by atoms with Crippen molar-refractivity contribution in [1.29, 1.82) is 0 Å². The molecule has 0 aromatic heterocycles. The van der Waals surface area contributed by atoms with Crippen LogP contribution in [0.3, 0.4) is 0 Å². The van der Waals surface area contributed by atoms with E-state index in [0.29, 0.717) is 0 Å². The van der Waals surface area contributed by atoms with Gasteiger partial charge in [-0.1, -0.05) is 44.9 Å². The van der Waals surface area contributed by atoms with Crippen molar-refractivity contribution < 1.29 is 0 Å². The highest BCUT2D eigenvalue weighted by molar-refractivity contribution is 4.77. The normalized spacial score (nSPS) is 26.6. The Kier molecular flexibility index (Phi) is 5.84. The van der Waals surface area contributed by atoms with Crippen molar-refractivity contribution in [2.75, 3.05) is 6.54 Å². The van der Waals surface area contributed by atoms with E-state index in [-0.39, 0.29) is 0 Å². The van der Waals surface area contributed by atoms with Crippen LogP contribution in [0, 0.1) is 11.8 Å². The summed E-state index contributed by atoms with van der Waals surface area (Å²) >= 11 is 0. The van der Waals surface area contributed by atoms with Crippen LogP contribution in [0.1, 0.15) is 77.6 Å². The summed E-state index contributed by atoms with van der Waals surface area (Å²) in [6.07, 6.45) is 16.2. The van der Waals surface area contributed by atoms with Crippen LogP contribution >= 0.6 is 0 Å². The molecular weight excluding hydrogens is 206 g/mol. The molecule has 0 aliphatic heterocycles. The molecule has 2 fully saturated rings. The molecule has 0 aromatic rings. The van der Waals surface area contributed by atoms with E-state index in [1.54, 1.807) is 0 Å². The van der Waals surface area contributed by atoms with Crippen molar-refractivity contribution in [1.82, 2.24) is 5.32 Å². The van der Waals surface area contributed by atoms with E-state index in [2.05, 4.69) is 12.2 Å². The second-order valence-corrected chi connectivity index (χ2v) is 6.45. The van der Waals surface area contributed by atoms with Gasteiger partial charge in [0, 0.05) is 6.04 Å². The van der Waals surface area contributed by atoms with Gasteiger partial charge < -0.3 is 5.32 Å². The van der Waals surface area contributed by atoms with Crippen LogP contribution in [0.25, 0.3) is 0 Å².